The van der Waals surface area contributed by atoms with E-state index in [0.717, 1.165) is 8.95 Å². The number of nitrogens with zero attached hydrogens (tertiary/aromatic N) is 2. The van der Waals surface area contributed by atoms with Crippen molar-refractivity contribution >= 4 is 31.9 Å². The molecule has 0 amide bonds. The molecule has 0 bridgehead atoms. The minimum atomic E-state index is 0.693. The third-order valence-electron chi connectivity index (χ3n) is 1.95. The van der Waals surface area contributed by atoms with Crippen LogP contribution < -0.4 is 0 Å². The zero-order chi connectivity index (χ0) is 13.4. The van der Waals surface area contributed by atoms with Gasteiger partial charge in [0.05, 0.1) is 23.3 Å². The van der Waals surface area contributed by atoms with E-state index in [0.29, 0.717) is 11.1 Å². The van der Waals surface area contributed by atoms with Gasteiger partial charge in [0.25, 0.3) is 0 Å². The lowest BCUT2D eigenvalue weighted by Crippen LogP contribution is -1.69. The van der Waals surface area contributed by atoms with E-state index in [2.05, 4.69) is 31.9 Å². The van der Waals surface area contributed by atoms with Gasteiger partial charge in [-0.3, -0.25) is 0 Å². The summed E-state index contributed by atoms with van der Waals surface area (Å²) in [6, 6.07) is 18.5. The molecular weight excluding hydrogens is 356 g/mol. The summed E-state index contributed by atoms with van der Waals surface area (Å²) in [7, 11) is 0. The molecule has 0 spiro atoms. The first-order valence-corrected chi connectivity index (χ1v) is 6.55. The molecule has 4 heteroatoms. The van der Waals surface area contributed by atoms with Crippen LogP contribution in [0, 0.1) is 22.7 Å². The average molecular weight is 364 g/mol. The maximum atomic E-state index is 8.36. The molecule has 0 aliphatic carbocycles. The SMILES string of the molecule is N#Cc1ccc(Br)cc1.N#Cc1ccc(Br)cc1. The van der Waals surface area contributed by atoms with E-state index in [1.807, 2.05) is 36.4 Å². The molecule has 0 aliphatic rings. The minimum absolute atomic E-state index is 0.693. The van der Waals surface area contributed by atoms with Crippen molar-refractivity contribution in [3.63, 3.8) is 0 Å². The Morgan fingerprint density at radius 2 is 0.889 bits per heavy atom. The van der Waals surface area contributed by atoms with Gasteiger partial charge in [0, 0.05) is 8.95 Å². The fourth-order valence-electron chi connectivity index (χ4n) is 1.05. The Labute approximate surface area is 123 Å². The fourth-order valence-corrected chi connectivity index (χ4v) is 1.58. The molecule has 2 nitrogen and oxygen atoms in total. The molecule has 0 N–H and O–H groups in total. The molecule has 2 aromatic rings. The lowest BCUT2D eigenvalue weighted by molar-refractivity contribution is 1.48. The molecule has 0 atom stereocenters. The normalized spacial score (nSPS) is 8.44. The lowest BCUT2D eigenvalue weighted by Gasteiger charge is -1.86. The first-order valence-electron chi connectivity index (χ1n) is 4.97. The number of halogens is 2. The number of benzene rings is 2. The van der Waals surface area contributed by atoms with Crippen molar-refractivity contribution in [1.82, 2.24) is 0 Å². The van der Waals surface area contributed by atoms with Crippen LogP contribution in [0.2, 0.25) is 0 Å². The number of hydrogen-bond acceptors (Lipinski definition) is 2. The maximum Gasteiger partial charge on any atom is 0.0991 e. The van der Waals surface area contributed by atoms with Crippen molar-refractivity contribution in [2.45, 2.75) is 0 Å². The third-order valence-corrected chi connectivity index (χ3v) is 3.00. The average Bonchev–Trinajstić information content (AvgIpc) is 2.41. The zero-order valence-electron chi connectivity index (χ0n) is 9.27. The van der Waals surface area contributed by atoms with Crippen LogP contribution in [-0.2, 0) is 0 Å². The topological polar surface area (TPSA) is 47.6 Å². The summed E-state index contributed by atoms with van der Waals surface area (Å²) in [5.74, 6) is 0. The highest BCUT2D eigenvalue weighted by atomic mass is 79.9. The van der Waals surface area contributed by atoms with Gasteiger partial charge in [0.2, 0.25) is 0 Å². The monoisotopic (exact) mass is 362 g/mol. The predicted molar refractivity (Wildman–Crippen MR) is 77.7 cm³/mol. The highest BCUT2D eigenvalue weighted by Crippen LogP contribution is 2.09. The van der Waals surface area contributed by atoms with Gasteiger partial charge in [-0.25, -0.2) is 0 Å². The molecule has 2 rings (SSSR count). The molecular formula is C14H8Br2N2. The Kier molecular flexibility index (Phi) is 6.14. The van der Waals surface area contributed by atoms with Crippen LogP contribution in [-0.4, -0.2) is 0 Å². The predicted octanol–water partition coefficient (Wildman–Crippen LogP) is 4.64. The second kappa shape index (κ2) is 7.66. The summed E-state index contributed by atoms with van der Waals surface area (Å²) in [5, 5.41) is 16.7. The van der Waals surface area contributed by atoms with E-state index in [9.17, 15) is 0 Å². The van der Waals surface area contributed by atoms with Crippen molar-refractivity contribution in [1.29, 1.82) is 10.5 Å². The zero-order valence-corrected chi connectivity index (χ0v) is 12.4. The summed E-state index contributed by atoms with van der Waals surface area (Å²) in [6.07, 6.45) is 0. The molecule has 88 valence electrons. The first kappa shape index (κ1) is 14.4. The van der Waals surface area contributed by atoms with Gasteiger partial charge in [-0.05, 0) is 48.5 Å². The maximum absolute atomic E-state index is 8.36. The van der Waals surface area contributed by atoms with Gasteiger partial charge in [0.15, 0.2) is 0 Å². The number of hydrogen-bond donors (Lipinski definition) is 0. The summed E-state index contributed by atoms with van der Waals surface area (Å²) >= 11 is 6.53. The standard InChI is InChI=1S/2C7H4BrN/c2*8-7-3-1-6(5-9)2-4-7/h2*1-4H. The highest BCUT2D eigenvalue weighted by Gasteiger charge is 1.87. The number of rotatable bonds is 0. The third kappa shape index (κ3) is 5.14. The van der Waals surface area contributed by atoms with Gasteiger partial charge in [0.1, 0.15) is 0 Å². The Hall–Kier alpha value is -1.62. The largest absolute Gasteiger partial charge is 0.192 e. The summed E-state index contributed by atoms with van der Waals surface area (Å²) in [5.41, 5.74) is 1.39. The second-order valence-corrected chi connectivity index (χ2v) is 5.07. The van der Waals surface area contributed by atoms with Crippen LogP contribution in [0.5, 0.6) is 0 Å². The second-order valence-electron chi connectivity index (χ2n) is 3.24. The number of nitriles is 2. The Morgan fingerprint density at radius 1 is 0.611 bits per heavy atom. The molecule has 0 aliphatic heterocycles. The van der Waals surface area contributed by atoms with Crippen molar-refractivity contribution in [2.24, 2.45) is 0 Å². The highest BCUT2D eigenvalue weighted by molar-refractivity contribution is 9.10. The Bertz CT molecular complexity index is 520. The fraction of sp³-hybridized carbons (Fsp3) is 0. The molecule has 2 aromatic carbocycles. The van der Waals surface area contributed by atoms with Gasteiger partial charge in [-0.15, -0.1) is 0 Å². The van der Waals surface area contributed by atoms with Gasteiger partial charge in [-0.2, -0.15) is 10.5 Å². The van der Waals surface area contributed by atoms with E-state index in [-0.39, 0.29) is 0 Å². The van der Waals surface area contributed by atoms with Crippen LogP contribution in [0.1, 0.15) is 11.1 Å². The van der Waals surface area contributed by atoms with E-state index < -0.39 is 0 Å². The van der Waals surface area contributed by atoms with Crippen LogP contribution in [0.15, 0.2) is 57.5 Å². The summed E-state index contributed by atoms with van der Waals surface area (Å²) in [4.78, 5) is 0. The minimum Gasteiger partial charge on any atom is -0.192 e. The van der Waals surface area contributed by atoms with Crippen LogP contribution in [0.25, 0.3) is 0 Å². The van der Waals surface area contributed by atoms with Gasteiger partial charge >= 0.3 is 0 Å². The van der Waals surface area contributed by atoms with Crippen LogP contribution in [0.3, 0.4) is 0 Å². The van der Waals surface area contributed by atoms with Gasteiger partial charge in [-0.1, -0.05) is 31.9 Å². The molecule has 0 saturated heterocycles. The molecule has 0 aromatic heterocycles. The Balaban J connectivity index is 0.000000180. The van der Waals surface area contributed by atoms with E-state index >= 15 is 0 Å². The van der Waals surface area contributed by atoms with Crippen molar-refractivity contribution in [3.05, 3.63) is 68.6 Å². The van der Waals surface area contributed by atoms with E-state index in [4.69, 9.17) is 10.5 Å². The van der Waals surface area contributed by atoms with E-state index in [1.165, 1.54) is 0 Å². The van der Waals surface area contributed by atoms with Crippen LogP contribution >= 0.6 is 31.9 Å². The molecule has 0 unspecified atom stereocenters. The smallest absolute Gasteiger partial charge is 0.0991 e. The van der Waals surface area contributed by atoms with Crippen molar-refractivity contribution < 1.29 is 0 Å². The molecule has 0 heterocycles. The Morgan fingerprint density at radius 3 is 1.11 bits per heavy atom. The van der Waals surface area contributed by atoms with Crippen molar-refractivity contribution in [2.75, 3.05) is 0 Å². The quantitative estimate of drug-likeness (QED) is 0.684. The first-order chi connectivity index (χ1) is 8.65. The molecule has 0 saturated carbocycles. The summed E-state index contributed by atoms with van der Waals surface area (Å²) < 4.78 is 2.00. The van der Waals surface area contributed by atoms with Crippen LogP contribution in [0.4, 0.5) is 0 Å². The lowest BCUT2D eigenvalue weighted by atomic mass is 10.2. The van der Waals surface area contributed by atoms with Gasteiger partial charge < -0.3 is 0 Å². The molecule has 0 fully saturated rings. The molecule has 18 heavy (non-hydrogen) atoms. The van der Waals surface area contributed by atoms with Crippen molar-refractivity contribution in [3.8, 4) is 12.1 Å². The van der Waals surface area contributed by atoms with E-state index in [1.54, 1.807) is 24.3 Å². The molecule has 0 radical (unpaired) electrons. The summed E-state index contributed by atoms with van der Waals surface area (Å²) in [6.45, 7) is 0.